The Morgan fingerprint density at radius 2 is 2.09 bits per heavy atom. The highest BCUT2D eigenvalue weighted by Gasteiger charge is 2.13. The highest BCUT2D eigenvalue weighted by atomic mass is 32.2. The molecule has 0 aliphatic heterocycles. The van der Waals surface area contributed by atoms with Crippen molar-refractivity contribution in [2.24, 2.45) is 0 Å². The molecule has 1 aromatic heterocycles. The van der Waals surface area contributed by atoms with Crippen LogP contribution in [-0.2, 0) is 4.79 Å². The van der Waals surface area contributed by atoms with Gasteiger partial charge >= 0.3 is 0 Å². The normalized spacial score (nSPS) is 10.5. The van der Waals surface area contributed by atoms with Crippen LogP contribution in [0.4, 0.5) is 0 Å². The van der Waals surface area contributed by atoms with Crippen molar-refractivity contribution in [3.8, 4) is 17.1 Å². The molecule has 8 heteroatoms. The number of nitrogens with one attached hydrogen (secondary N) is 1. The molecule has 0 aliphatic rings. The van der Waals surface area contributed by atoms with E-state index in [1.165, 1.54) is 16.4 Å². The van der Waals surface area contributed by atoms with Crippen LogP contribution in [0.5, 0.6) is 5.75 Å². The first-order valence-electron chi connectivity index (χ1n) is 6.90. The van der Waals surface area contributed by atoms with Crippen molar-refractivity contribution in [3.63, 3.8) is 0 Å². The minimum absolute atomic E-state index is 0.0409. The summed E-state index contributed by atoms with van der Waals surface area (Å²) in [5.74, 6) is 7.52. The standard InChI is InChI=1S/C14H19N5O2S/c1-3-8-16-12(20)9-22-14-18-17-13(19(14)15)10-4-6-11(21-2)7-5-10/h4-7H,3,8-9,15H2,1-2H3,(H,16,20). The summed E-state index contributed by atoms with van der Waals surface area (Å²) < 4.78 is 6.50. The van der Waals surface area contributed by atoms with Crippen LogP contribution in [0.2, 0.25) is 0 Å². The zero-order valence-corrected chi connectivity index (χ0v) is 13.4. The van der Waals surface area contributed by atoms with Gasteiger partial charge < -0.3 is 15.9 Å². The number of carbonyl (C=O) groups excluding carboxylic acids is 1. The zero-order valence-electron chi connectivity index (χ0n) is 12.6. The highest BCUT2D eigenvalue weighted by molar-refractivity contribution is 7.99. The molecular formula is C14H19N5O2S. The van der Waals surface area contributed by atoms with Crippen LogP contribution in [0.1, 0.15) is 13.3 Å². The van der Waals surface area contributed by atoms with Gasteiger partial charge in [-0.3, -0.25) is 4.79 Å². The minimum atomic E-state index is -0.0409. The first-order chi connectivity index (χ1) is 10.7. The molecule has 0 aliphatic carbocycles. The van der Waals surface area contributed by atoms with Gasteiger partial charge in [-0.05, 0) is 30.7 Å². The Morgan fingerprint density at radius 3 is 2.73 bits per heavy atom. The molecule has 1 aromatic carbocycles. The molecule has 118 valence electrons. The molecule has 0 atom stereocenters. The van der Waals surface area contributed by atoms with Crippen molar-refractivity contribution in [1.29, 1.82) is 0 Å². The summed E-state index contributed by atoms with van der Waals surface area (Å²) >= 11 is 1.26. The fourth-order valence-electron chi connectivity index (χ4n) is 1.76. The minimum Gasteiger partial charge on any atom is -0.497 e. The molecule has 22 heavy (non-hydrogen) atoms. The first kappa shape index (κ1) is 16.2. The van der Waals surface area contributed by atoms with Gasteiger partial charge in [0, 0.05) is 12.1 Å². The molecule has 0 radical (unpaired) electrons. The molecule has 0 saturated heterocycles. The molecule has 0 unspecified atom stereocenters. The average Bonchev–Trinajstić information content (AvgIpc) is 2.92. The number of nitrogen functional groups attached to an aromatic ring is 1. The van der Waals surface area contributed by atoms with Crippen LogP contribution in [-0.4, -0.2) is 40.2 Å². The summed E-state index contributed by atoms with van der Waals surface area (Å²) in [6, 6.07) is 7.37. The van der Waals surface area contributed by atoms with Gasteiger partial charge in [0.1, 0.15) is 5.75 Å². The lowest BCUT2D eigenvalue weighted by Gasteiger charge is -2.05. The van der Waals surface area contributed by atoms with Crippen LogP contribution < -0.4 is 15.9 Å². The highest BCUT2D eigenvalue weighted by Crippen LogP contribution is 2.23. The number of rotatable bonds is 7. The third-order valence-corrected chi connectivity index (χ3v) is 3.86. The van der Waals surface area contributed by atoms with Crippen molar-refractivity contribution < 1.29 is 9.53 Å². The Bertz CT molecular complexity index is 627. The van der Waals surface area contributed by atoms with Crippen LogP contribution in [0.15, 0.2) is 29.4 Å². The lowest BCUT2D eigenvalue weighted by atomic mass is 10.2. The molecule has 1 heterocycles. The van der Waals surface area contributed by atoms with E-state index in [9.17, 15) is 4.79 Å². The van der Waals surface area contributed by atoms with Crippen molar-refractivity contribution in [2.45, 2.75) is 18.5 Å². The van der Waals surface area contributed by atoms with Gasteiger partial charge in [0.25, 0.3) is 0 Å². The molecular weight excluding hydrogens is 302 g/mol. The van der Waals surface area contributed by atoms with E-state index in [1.54, 1.807) is 7.11 Å². The Balaban J connectivity index is 2.03. The molecule has 3 N–H and O–H groups in total. The summed E-state index contributed by atoms with van der Waals surface area (Å²) in [7, 11) is 1.61. The number of thioether (sulfide) groups is 1. The van der Waals surface area contributed by atoms with E-state index in [1.807, 2.05) is 31.2 Å². The largest absolute Gasteiger partial charge is 0.497 e. The van der Waals surface area contributed by atoms with Crippen molar-refractivity contribution in [2.75, 3.05) is 25.3 Å². The Labute approximate surface area is 133 Å². The van der Waals surface area contributed by atoms with Crippen molar-refractivity contribution >= 4 is 17.7 Å². The van der Waals surface area contributed by atoms with Crippen LogP contribution in [0, 0.1) is 0 Å². The monoisotopic (exact) mass is 321 g/mol. The number of carbonyl (C=O) groups is 1. The van der Waals surface area contributed by atoms with Gasteiger partial charge in [-0.25, -0.2) is 4.68 Å². The van der Waals surface area contributed by atoms with E-state index in [0.717, 1.165) is 17.7 Å². The number of hydrogen-bond acceptors (Lipinski definition) is 6. The van der Waals surface area contributed by atoms with Gasteiger partial charge in [-0.2, -0.15) is 0 Å². The van der Waals surface area contributed by atoms with E-state index in [-0.39, 0.29) is 11.7 Å². The van der Waals surface area contributed by atoms with E-state index in [0.29, 0.717) is 17.5 Å². The van der Waals surface area contributed by atoms with E-state index < -0.39 is 0 Å². The third-order valence-electron chi connectivity index (χ3n) is 2.92. The van der Waals surface area contributed by atoms with Crippen LogP contribution >= 0.6 is 11.8 Å². The first-order valence-corrected chi connectivity index (χ1v) is 7.88. The number of nitrogens with zero attached hydrogens (tertiary/aromatic N) is 3. The molecule has 7 nitrogen and oxygen atoms in total. The molecule has 0 bridgehead atoms. The summed E-state index contributed by atoms with van der Waals surface area (Å²) in [6.07, 6.45) is 0.908. The van der Waals surface area contributed by atoms with E-state index in [2.05, 4.69) is 15.5 Å². The predicted molar refractivity (Wildman–Crippen MR) is 86.2 cm³/mol. The van der Waals surface area contributed by atoms with E-state index in [4.69, 9.17) is 10.6 Å². The number of hydrogen-bond donors (Lipinski definition) is 2. The van der Waals surface area contributed by atoms with Gasteiger partial charge in [0.05, 0.1) is 12.9 Å². The summed E-state index contributed by atoms with van der Waals surface area (Å²) in [4.78, 5) is 11.6. The molecule has 2 rings (SSSR count). The maximum absolute atomic E-state index is 11.6. The second-order valence-corrected chi connectivity index (χ2v) is 5.49. The number of methoxy groups -OCH3 is 1. The second-order valence-electron chi connectivity index (χ2n) is 4.54. The predicted octanol–water partition coefficient (Wildman–Crippen LogP) is 1.29. The molecule has 0 spiro atoms. The van der Waals surface area contributed by atoms with Crippen molar-refractivity contribution in [1.82, 2.24) is 20.2 Å². The number of benzene rings is 1. The van der Waals surface area contributed by atoms with Crippen LogP contribution in [0.3, 0.4) is 0 Å². The zero-order chi connectivity index (χ0) is 15.9. The van der Waals surface area contributed by atoms with Crippen molar-refractivity contribution in [3.05, 3.63) is 24.3 Å². The number of amides is 1. The molecule has 0 saturated carbocycles. The quantitative estimate of drug-likeness (QED) is 0.589. The number of aromatic nitrogens is 3. The topological polar surface area (TPSA) is 95.1 Å². The number of ether oxygens (including phenoxy) is 1. The summed E-state index contributed by atoms with van der Waals surface area (Å²) in [5.41, 5.74) is 0.832. The molecule has 0 fully saturated rings. The Morgan fingerprint density at radius 1 is 1.36 bits per heavy atom. The Hall–Kier alpha value is -2.22. The molecule has 2 aromatic rings. The second kappa shape index (κ2) is 7.69. The lowest BCUT2D eigenvalue weighted by molar-refractivity contribution is -0.118. The van der Waals surface area contributed by atoms with Gasteiger partial charge in [-0.15, -0.1) is 10.2 Å². The van der Waals surface area contributed by atoms with Gasteiger partial charge in [-0.1, -0.05) is 18.7 Å². The summed E-state index contributed by atoms with van der Waals surface area (Å²) in [5, 5.41) is 11.4. The number of nitrogens with two attached hydrogens (primary N) is 1. The Kier molecular flexibility index (Phi) is 5.65. The van der Waals surface area contributed by atoms with Crippen LogP contribution in [0.25, 0.3) is 11.4 Å². The van der Waals surface area contributed by atoms with Gasteiger partial charge in [0.2, 0.25) is 11.1 Å². The smallest absolute Gasteiger partial charge is 0.230 e. The van der Waals surface area contributed by atoms with E-state index >= 15 is 0 Å². The van der Waals surface area contributed by atoms with Gasteiger partial charge in [0.15, 0.2) is 5.82 Å². The third kappa shape index (κ3) is 3.91. The lowest BCUT2D eigenvalue weighted by Crippen LogP contribution is -2.26. The average molecular weight is 321 g/mol. The SMILES string of the molecule is CCCNC(=O)CSc1nnc(-c2ccc(OC)cc2)n1N. The maximum Gasteiger partial charge on any atom is 0.230 e. The fourth-order valence-corrected chi connectivity index (χ4v) is 2.44. The summed E-state index contributed by atoms with van der Waals surface area (Å²) in [6.45, 7) is 2.68. The fraction of sp³-hybridized carbons (Fsp3) is 0.357. The molecule has 1 amide bonds. The maximum atomic E-state index is 11.6.